The zero-order valence-corrected chi connectivity index (χ0v) is 64.6. The Kier molecular flexibility index (Phi) is 24.3. The lowest BCUT2D eigenvalue weighted by molar-refractivity contribution is 0.0464. The molecule has 0 fully saturated rings. The Morgan fingerprint density at radius 1 is 0.305 bits per heavy atom. The molecule has 0 aliphatic rings. The van der Waals surface area contributed by atoms with Crippen molar-refractivity contribution in [1.29, 1.82) is 0 Å². The second kappa shape index (κ2) is 37.1. The molecule has 0 amide bonds. The summed E-state index contributed by atoms with van der Waals surface area (Å²) in [5.41, 5.74) is 30.7. The number of ether oxygens (including phenoxy) is 2. The minimum absolute atomic E-state index is 0.132. The summed E-state index contributed by atoms with van der Waals surface area (Å²) in [6, 6.07) is 90.5. The lowest BCUT2D eigenvalue weighted by Crippen LogP contribution is -2.13. The maximum absolute atomic E-state index is 12.2. The first-order valence-electron chi connectivity index (χ1n) is 38.9. The molecule has 10 aromatic carbocycles. The molecule has 20 aromatic rings. The van der Waals surface area contributed by atoms with Crippen molar-refractivity contribution < 1.29 is 22.6 Å². The second-order valence-corrected chi connectivity index (χ2v) is 27.3. The van der Waals surface area contributed by atoms with E-state index in [2.05, 4.69) is 111 Å². The molecule has 20 rings (SSSR count). The Morgan fingerprint density at radius 3 is 1.00 bits per heavy atom. The van der Waals surface area contributed by atoms with Crippen molar-refractivity contribution in [3.05, 3.63) is 304 Å². The largest absolute Gasteiger partial charge is 0.399 e. The van der Waals surface area contributed by atoms with Crippen molar-refractivity contribution in [3.63, 3.8) is 0 Å². The van der Waals surface area contributed by atoms with Crippen LogP contribution in [0.5, 0.6) is 0 Å². The van der Waals surface area contributed by atoms with Gasteiger partial charge in [-0.3, -0.25) is 30.8 Å². The normalized spacial score (nSPS) is 11.2. The number of anilines is 5. The Morgan fingerprint density at radius 2 is 0.627 bits per heavy atom. The van der Waals surface area contributed by atoms with E-state index in [0.717, 1.165) is 146 Å². The van der Waals surface area contributed by atoms with Crippen LogP contribution in [-0.4, -0.2) is 145 Å². The van der Waals surface area contributed by atoms with E-state index in [9.17, 15) is 13.2 Å². The average molecular weight is 1570 g/mol. The predicted molar refractivity (Wildman–Crippen MR) is 468 cm³/mol. The Bertz CT molecular complexity index is 6740. The molecule has 0 aliphatic carbocycles. The maximum atomic E-state index is 12.2. The van der Waals surface area contributed by atoms with Gasteiger partial charge in [-0.15, -0.1) is 0 Å². The number of rotatable bonds is 23. The van der Waals surface area contributed by atoms with E-state index < -0.39 is 6.67 Å². The summed E-state index contributed by atoms with van der Waals surface area (Å²) in [5.74, 6) is 3.52. The van der Waals surface area contributed by atoms with Gasteiger partial charge in [0.1, 0.15) is 6.67 Å². The predicted octanol–water partition coefficient (Wildman–Crippen LogP) is 19.3. The van der Waals surface area contributed by atoms with Crippen LogP contribution in [0.25, 0.3) is 140 Å². The van der Waals surface area contributed by atoms with E-state index in [0.29, 0.717) is 75.4 Å². The highest BCUT2D eigenvalue weighted by Crippen LogP contribution is 2.31. The first kappa shape index (κ1) is 77.3. The topological polar surface area (TPSA) is 244 Å². The van der Waals surface area contributed by atoms with Crippen LogP contribution in [0.15, 0.2) is 304 Å². The third-order valence-corrected chi connectivity index (χ3v) is 19.6. The van der Waals surface area contributed by atoms with Gasteiger partial charge in [-0.1, -0.05) is 121 Å². The lowest BCUT2D eigenvalue weighted by Gasteiger charge is -2.09. The van der Waals surface area contributed by atoms with Crippen molar-refractivity contribution in [2.75, 3.05) is 100 Å². The molecule has 0 saturated carbocycles. The number of alkyl halides is 3. The van der Waals surface area contributed by atoms with Gasteiger partial charge in [0, 0.05) is 103 Å². The summed E-state index contributed by atoms with van der Waals surface area (Å²) in [7, 11) is 1.91. The molecular weight excluding hydrogens is 1490 g/mol. The maximum Gasteiger partial charge on any atom is 0.235 e. The van der Waals surface area contributed by atoms with E-state index in [4.69, 9.17) is 20.2 Å². The van der Waals surface area contributed by atoms with Gasteiger partial charge < -0.3 is 36.5 Å². The van der Waals surface area contributed by atoms with Gasteiger partial charge in [-0.05, 0) is 176 Å². The van der Waals surface area contributed by atoms with Crippen LogP contribution in [-0.2, 0) is 9.47 Å². The number of halogens is 3. The Labute approximate surface area is 676 Å². The number of nitrogen functional groups attached to an aromatic ring is 1. The molecule has 10 aromatic heterocycles. The molecule has 0 unspecified atom stereocenters. The number of nitrogens with two attached hydrogens (primary N) is 1. The molecule has 22 nitrogen and oxygen atoms in total. The van der Waals surface area contributed by atoms with Crippen molar-refractivity contribution in [2.45, 2.75) is 12.8 Å². The number of fused-ring (bicyclic) bond motifs is 15. The fraction of sp³-hybridized carbons (Fsp3) is 0.140. The molecule has 25 heteroatoms. The number of aromatic nitrogens is 15. The number of nitrogens with one attached hydrogen (secondary N) is 4. The van der Waals surface area contributed by atoms with Crippen LogP contribution < -0.4 is 27.0 Å². The molecule has 118 heavy (non-hydrogen) atoms. The molecule has 0 radical (unpaired) electrons. The molecule has 6 N–H and O–H groups in total. The van der Waals surface area contributed by atoms with Crippen LogP contribution in [0.4, 0.5) is 41.6 Å². The van der Waals surface area contributed by atoms with E-state index in [-0.39, 0.29) is 20.0 Å². The highest BCUT2D eigenvalue weighted by molar-refractivity contribution is 5.86. The zero-order valence-electron chi connectivity index (χ0n) is 64.6. The van der Waals surface area contributed by atoms with Gasteiger partial charge in [-0.2, -0.15) is 0 Å². The van der Waals surface area contributed by atoms with Crippen LogP contribution in [0.1, 0.15) is 12.8 Å². The number of benzene rings is 10. The monoisotopic (exact) mass is 1570 g/mol. The van der Waals surface area contributed by atoms with Gasteiger partial charge >= 0.3 is 0 Å². The number of hydrogen-bond donors (Lipinski definition) is 5. The number of hydrogen-bond acceptors (Lipinski definition) is 17. The zero-order chi connectivity index (χ0) is 80.4. The van der Waals surface area contributed by atoms with E-state index in [1.54, 1.807) is 12.4 Å². The summed E-state index contributed by atoms with van der Waals surface area (Å²) in [5, 5.41) is 12.8. The van der Waals surface area contributed by atoms with Gasteiger partial charge in [0.2, 0.25) is 28.9 Å². The molecule has 0 bridgehead atoms. The summed E-state index contributed by atoms with van der Waals surface area (Å²) in [6.45, 7) is 2.50. The minimum Gasteiger partial charge on any atom is -0.399 e. The fourth-order valence-electron chi connectivity index (χ4n) is 13.7. The van der Waals surface area contributed by atoms with E-state index in [1.165, 1.54) is 0 Å². The molecule has 0 aliphatic heterocycles. The Balaban J connectivity index is 0.000000111. The first-order chi connectivity index (χ1) is 58.2. The molecular formula is C93H83F3N20O2. The average Bonchev–Trinajstić information content (AvgIpc) is 1.62. The van der Waals surface area contributed by atoms with E-state index in [1.807, 2.05) is 275 Å². The summed E-state index contributed by atoms with van der Waals surface area (Å²) in [6.07, 6.45) is 10.6. The van der Waals surface area contributed by atoms with Crippen LogP contribution in [0.3, 0.4) is 0 Å². The third kappa shape index (κ3) is 17.8. The minimum atomic E-state index is -0.459. The SMILES string of the molecule is CNc1ccc(-c2ccn3c(n2)nc2ccccc23)cc1.FCCCNc1ccc(-c2ccn3c(n2)nc2ccccc23)cc1.FCCCNc1ccc(-c2ccnc3nc4ccccc4n23)cc1.FCCOCCOCCNc1ccc(-c2ccn3c(n2)nc2ccccc23)cc1.Nc1ccc(-c2ccnc3nc4ccccc4n23)cc1. The van der Waals surface area contributed by atoms with Gasteiger partial charge in [0.15, 0.2) is 0 Å². The molecule has 0 saturated heterocycles. The number of para-hydroxylation sites is 10. The fourth-order valence-corrected chi connectivity index (χ4v) is 13.7. The second-order valence-electron chi connectivity index (χ2n) is 27.3. The first-order valence-corrected chi connectivity index (χ1v) is 38.9. The van der Waals surface area contributed by atoms with Crippen molar-refractivity contribution in [1.82, 2.24) is 71.8 Å². The van der Waals surface area contributed by atoms with Crippen LogP contribution in [0.2, 0.25) is 0 Å². The van der Waals surface area contributed by atoms with Gasteiger partial charge in [0.05, 0.1) is 123 Å². The quantitative estimate of drug-likeness (QED) is 0.0295. The Hall–Kier alpha value is -14.7. The molecule has 0 spiro atoms. The molecule has 588 valence electrons. The summed E-state index contributed by atoms with van der Waals surface area (Å²) in [4.78, 5) is 45.6. The van der Waals surface area contributed by atoms with Crippen molar-refractivity contribution >= 4 is 112 Å². The van der Waals surface area contributed by atoms with Gasteiger partial charge in [0.25, 0.3) is 0 Å². The molecule has 10 heterocycles. The van der Waals surface area contributed by atoms with Crippen LogP contribution in [0, 0.1) is 0 Å². The standard InChI is InChI=1S/C22H23FN4O2.2C19H17FN4.C17H14N4.C16H12N4/c23-10-13-28-15-16-29-14-11-24-18-7-5-17(6-8-18)19-9-12-27-21-4-2-1-3-20(21)26-22(27)25-19;20-11-3-12-21-15-8-6-14(7-9-15)16-10-13-24-18-5-2-1-4-17(18)23-19(24)22-16;20-11-3-12-21-15-8-6-14(7-9-15)17-10-13-22-19-23-16-4-1-2-5-18(16)24(17)19;1-18-13-8-6-12(7-9-13)14-10-11-21-16-5-3-2-4-15(16)20-17(21)19-14;17-12-7-5-11(6-8-12)14-9-10-18-16-19-13-3-1-2-4-15(13)20(14)16/h1-9,12,24H,10-11,13-16H2;2*1-2,4-10,13,21H,3,11-12H2;2-11,18H,1H3;1-10H,17H2. The van der Waals surface area contributed by atoms with E-state index >= 15 is 0 Å². The van der Waals surface area contributed by atoms with Crippen LogP contribution >= 0.6 is 0 Å². The summed E-state index contributed by atoms with van der Waals surface area (Å²) >= 11 is 0. The number of imidazole rings is 5. The molecule has 0 atom stereocenters. The van der Waals surface area contributed by atoms with Gasteiger partial charge in [-0.25, -0.2) is 54.2 Å². The van der Waals surface area contributed by atoms with Crippen molar-refractivity contribution in [2.24, 2.45) is 0 Å². The highest BCUT2D eigenvalue weighted by atomic mass is 19.1. The highest BCUT2D eigenvalue weighted by Gasteiger charge is 2.15. The third-order valence-electron chi connectivity index (χ3n) is 19.6. The summed E-state index contributed by atoms with van der Waals surface area (Å²) < 4.78 is 56.8. The smallest absolute Gasteiger partial charge is 0.235 e. The van der Waals surface area contributed by atoms with Crippen molar-refractivity contribution in [3.8, 4) is 56.3 Å². The lowest BCUT2D eigenvalue weighted by atomic mass is 10.1. The number of nitrogens with zero attached hydrogens (tertiary/aromatic N) is 15.